The number of alkyl halides is 6. The molecular formula is C42H34F6N2O2. The Labute approximate surface area is 298 Å². The molecule has 6 rings (SSSR count). The lowest BCUT2D eigenvalue weighted by atomic mass is 9.98. The molecule has 4 nitrogen and oxygen atoms in total. The van der Waals surface area contributed by atoms with Crippen molar-refractivity contribution >= 4 is 34.1 Å². The van der Waals surface area contributed by atoms with E-state index in [1.807, 2.05) is 50.2 Å². The molecule has 0 aliphatic heterocycles. The summed E-state index contributed by atoms with van der Waals surface area (Å²) >= 11 is 0. The van der Waals surface area contributed by atoms with Crippen LogP contribution < -0.4 is 19.3 Å². The zero-order chi connectivity index (χ0) is 37.2. The van der Waals surface area contributed by atoms with Gasteiger partial charge in [-0.05, 0) is 145 Å². The number of anilines is 6. The lowest BCUT2D eigenvalue weighted by Crippen LogP contribution is -2.13. The van der Waals surface area contributed by atoms with Gasteiger partial charge in [0.25, 0.3) is 0 Å². The van der Waals surface area contributed by atoms with Crippen molar-refractivity contribution in [2.75, 3.05) is 24.0 Å². The van der Waals surface area contributed by atoms with Crippen molar-refractivity contribution in [3.8, 4) is 22.6 Å². The third-order valence-electron chi connectivity index (χ3n) is 8.73. The highest BCUT2D eigenvalue weighted by Gasteiger charge is 2.32. The second kappa shape index (κ2) is 14.4. The summed E-state index contributed by atoms with van der Waals surface area (Å²) in [4.78, 5) is 3.54. The molecule has 0 N–H and O–H groups in total. The molecule has 0 atom stereocenters. The molecule has 6 aromatic rings. The fraction of sp³-hybridized carbons (Fsp3) is 0.143. The van der Waals surface area contributed by atoms with Crippen LogP contribution in [0.5, 0.6) is 11.5 Å². The Hall–Kier alpha value is -5.90. The maximum Gasteiger partial charge on any atom is 0.416 e. The van der Waals surface area contributed by atoms with E-state index in [0.29, 0.717) is 45.6 Å². The van der Waals surface area contributed by atoms with E-state index in [0.717, 1.165) is 46.5 Å². The van der Waals surface area contributed by atoms with Gasteiger partial charge in [-0.1, -0.05) is 24.3 Å². The van der Waals surface area contributed by atoms with Gasteiger partial charge in [-0.25, -0.2) is 0 Å². The summed E-state index contributed by atoms with van der Waals surface area (Å²) in [5.74, 6) is 1.22. The molecule has 0 saturated heterocycles. The summed E-state index contributed by atoms with van der Waals surface area (Å²) in [7, 11) is 3.08. The van der Waals surface area contributed by atoms with Crippen LogP contribution >= 0.6 is 0 Å². The smallest absolute Gasteiger partial charge is 0.416 e. The molecule has 10 heteroatoms. The molecule has 0 unspecified atom stereocenters. The van der Waals surface area contributed by atoms with Gasteiger partial charge in [-0.2, -0.15) is 26.3 Å². The van der Waals surface area contributed by atoms with E-state index < -0.39 is 23.5 Å². The van der Waals surface area contributed by atoms with E-state index in [-0.39, 0.29) is 0 Å². The van der Waals surface area contributed by atoms with Crippen LogP contribution in [0.1, 0.15) is 22.3 Å². The van der Waals surface area contributed by atoms with Gasteiger partial charge in [0.15, 0.2) is 0 Å². The highest BCUT2D eigenvalue weighted by Crippen LogP contribution is 2.43. The van der Waals surface area contributed by atoms with Crippen molar-refractivity contribution in [3.63, 3.8) is 0 Å². The van der Waals surface area contributed by atoms with Gasteiger partial charge in [0.1, 0.15) is 11.5 Å². The first-order chi connectivity index (χ1) is 24.8. The summed E-state index contributed by atoms with van der Waals surface area (Å²) in [6, 6.07) is 36.0. The molecule has 0 spiro atoms. The molecule has 0 aliphatic rings. The highest BCUT2D eigenvalue weighted by atomic mass is 19.4. The minimum atomic E-state index is -4.52. The van der Waals surface area contributed by atoms with Crippen molar-refractivity contribution in [3.05, 3.63) is 156 Å². The Balaban J connectivity index is 1.41. The van der Waals surface area contributed by atoms with Crippen LogP contribution in [0.2, 0.25) is 0 Å². The molecule has 0 aromatic heterocycles. The third kappa shape index (κ3) is 7.56. The minimum absolute atomic E-state index is 0.337. The molecule has 0 saturated carbocycles. The molecule has 0 amide bonds. The van der Waals surface area contributed by atoms with E-state index in [1.54, 1.807) is 84.7 Å². The standard InChI is InChI=1S/C42H34F6N2O2/c1-27-23-29(11-21-39(27)49(33-13-17-37(51-3)18-14-33)35-9-5-7-31(25-35)41(43,44)45)30-12-22-40(28(2)24-30)50(34-15-19-38(52-4)20-16-34)36-10-6-8-32(26-36)42(46,47)48/h5-26H,1-4H3. The van der Waals surface area contributed by atoms with Gasteiger partial charge in [-0.15, -0.1) is 0 Å². The zero-order valence-electron chi connectivity index (χ0n) is 28.7. The number of rotatable bonds is 9. The number of hydrogen-bond acceptors (Lipinski definition) is 4. The first-order valence-electron chi connectivity index (χ1n) is 16.2. The first kappa shape index (κ1) is 35.9. The molecule has 266 valence electrons. The van der Waals surface area contributed by atoms with Gasteiger partial charge in [0.2, 0.25) is 0 Å². The topological polar surface area (TPSA) is 24.9 Å². The molecule has 0 heterocycles. The molecule has 6 aromatic carbocycles. The fourth-order valence-electron chi connectivity index (χ4n) is 6.13. The van der Waals surface area contributed by atoms with Crippen LogP contribution in [0.15, 0.2) is 133 Å². The van der Waals surface area contributed by atoms with Gasteiger partial charge in [0.05, 0.1) is 25.3 Å². The third-order valence-corrected chi connectivity index (χ3v) is 8.73. The number of nitrogens with zero attached hydrogens (tertiary/aromatic N) is 2. The monoisotopic (exact) mass is 712 g/mol. The number of methoxy groups -OCH3 is 2. The van der Waals surface area contributed by atoms with Crippen molar-refractivity contribution in [2.45, 2.75) is 26.2 Å². The van der Waals surface area contributed by atoms with Crippen LogP contribution in [0, 0.1) is 13.8 Å². The summed E-state index contributed by atoms with van der Waals surface area (Å²) in [5, 5.41) is 0. The quantitative estimate of drug-likeness (QED) is 0.139. The van der Waals surface area contributed by atoms with Gasteiger partial charge in [-0.3, -0.25) is 0 Å². The average molecular weight is 713 g/mol. The Kier molecular flexibility index (Phi) is 9.93. The second-order valence-corrected chi connectivity index (χ2v) is 12.2. The summed E-state index contributed by atoms with van der Waals surface area (Å²) in [6.45, 7) is 3.78. The maximum atomic E-state index is 13.8. The summed E-state index contributed by atoms with van der Waals surface area (Å²) < 4.78 is 93.2. The Morgan fingerprint density at radius 2 is 0.788 bits per heavy atom. The van der Waals surface area contributed by atoms with Crippen LogP contribution in [-0.2, 0) is 12.4 Å². The van der Waals surface area contributed by atoms with Gasteiger partial charge < -0.3 is 19.3 Å². The maximum absolute atomic E-state index is 13.8. The summed E-state index contributed by atoms with van der Waals surface area (Å²) in [5.41, 5.74) is 5.10. The van der Waals surface area contributed by atoms with Crippen molar-refractivity contribution in [2.24, 2.45) is 0 Å². The van der Waals surface area contributed by atoms with Crippen LogP contribution in [0.4, 0.5) is 60.5 Å². The first-order valence-corrected chi connectivity index (χ1v) is 16.2. The molecule has 0 radical (unpaired) electrons. The minimum Gasteiger partial charge on any atom is -0.497 e. The number of benzene rings is 6. The predicted octanol–water partition coefficient (Wildman–Crippen LogP) is 13.0. The molecular weight excluding hydrogens is 678 g/mol. The Bertz CT molecular complexity index is 2020. The SMILES string of the molecule is COc1ccc(N(c2cccc(C(F)(F)F)c2)c2ccc(-c3ccc(N(c4ccc(OC)cc4)c4cccc(C(F)(F)F)c4)c(C)c3)cc2C)cc1. The van der Waals surface area contributed by atoms with E-state index in [1.165, 1.54) is 12.1 Å². The number of aryl methyl sites for hydroxylation is 2. The molecule has 0 bridgehead atoms. The molecule has 52 heavy (non-hydrogen) atoms. The van der Waals surface area contributed by atoms with Gasteiger partial charge >= 0.3 is 12.4 Å². The largest absolute Gasteiger partial charge is 0.497 e. The van der Waals surface area contributed by atoms with E-state index in [4.69, 9.17) is 9.47 Å². The number of ether oxygens (including phenoxy) is 2. The zero-order valence-corrected chi connectivity index (χ0v) is 28.7. The number of halogens is 6. The van der Waals surface area contributed by atoms with Crippen LogP contribution in [-0.4, -0.2) is 14.2 Å². The molecule has 0 aliphatic carbocycles. The lowest BCUT2D eigenvalue weighted by molar-refractivity contribution is -0.138. The number of hydrogen-bond donors (Lipinski definition) is 0. The van der Waals surface area contributed by atoms with Gasteiger partial charge in [0, 0.05) is 34.1 Å². The van der Waals surface area contributed by atoms with E-state index >= 15 is 0 Å². The molecule has 0 fully saturated rings. The normalized spacial score (nSPS) is 11.7. The van der Waals surface area contributed by atoms with E-state index in [9.17, 15) is 26.3 Å². The van der Waals surface area contributed by atoms with Crippen molar-refractivity contribution in [1.82, 2.24) is 0 Å². The van der Waals surface area contributed by atoms with Crippen molar-refractivity contribution in [1.29, 1.82) is 0 Å². The van der Waals surface area contributed by atoms with Crippen LogP contribution in [0.25, 0.3) is 11.1 Å². The second-order valence-electron chi connectivity index (χ2n) is 12.2. The highest BCUT2D eigenvalue weighted by molar-refractivity contribution is 5.83. The predicted molar refractivity (Wildman–Crippen MR) is 194 cm³/mol. The van der Waals surface area contributed by atoms with Crippen molar-refractivity contribution < 1.29 is 35.8 Å². The lowest BCUT2D eigenvalue weighted by Gasteiger charge is -2.29. The average Bonchev–Trinajstić information content (AvgIpc) is 3.13. The van der Waals surface area contributed by atoms with Crippen LogP contribution in [0.3, 0.4) is 0 Å². The fourth-order valence-corrected chi connectivity index (χ4v) is 6.13. The summed E-state index contributed by atoms with van der Waals surface area (Å²) in [6.07, 6.45) is -9.04. The Morgan fingerprint density at radius 1 is 0.423 bits per heavy atom. The van der Waals surface area contributed by atoms with E-state index in [2.05, 4.69) is 0 Å². The Morgan fingerprint density at radius 3 is 1.10 bits per heavy atom.